The second kappa shape index (κ2) is 6.47. The van der Waals surface area contributed by atoms with Crippen LogP contribution in [0.2, 0.25) is 0 Å². The molecular weight excluding hydrogens is 353 g/mol. The van der Waals surface area contributed by atoms with Gasteiger partial charge < -0.3 is 4.74 Å². The summed E-state index contributed by atoms with van der Waals surface area (Å²) < 4.78 is 68.1. The molecule has 0 fully saturated rings. The van der Waals surface area contributed by atoms with Gasteiger partial charge in [-0.15, -0.1) is 0 Å². The molecule has 1 aromatic heterocycles. The SMILES string of the molecule is CCOC(=O)Cc1cnc(Br)c(C(F)(F)F)c1C(F)F. The predicted molar refractivity (Wildman–Crippen MR) is 62.2 cm³/mol. The number of rotatable bonds is 4. The fourth-order valence-corrected chi connectivity index (χ4v) is 2.11. The highest BCUT2D eigenvalue weighted by molar-refractivity contribution is 9.10. The Labute approximate surface area is 119 Å². The van der Waals surface area contributed by atoms with Gasteiger partial charge in [-0.05, 0) is 28.4 Å². The van der Waals surface area contributed by atoms with E-state index in [2.05, 4.69) is 25.7 Å². The average molecular weight is 362 g/mol. The number of alkyl halides is 5. The van der Waals surface area contributed by atoms with Crippen LogP contribution in [0.15, 0.2) is 10.8 Å². The van der Waals surface area contributed by atoms with E-state index < -0.39 is 46.3 Å². The minimum absolute atomic E-state index is 0.00106. The first-order chi connectivity index (χ1) is 9.18. The Hall–Kier alpha value is -1.25. The Morgan fingerprint density at radius 2 is 2.05 bits per heavy atom. The summed E-state index contributed by atoms with van der Waals surface area (Å²) in [5.41, 5.74) is -3.34. The van der Waals surface area contributed by atoms with Crippen LogP contribution >= 0.6 is 15.9 Å². The van der Waals surface area contributed by atoms with Crippen molar-refractivity contribution in [2.75, 3.05) is 6.61 Å². The topological polar surface area (TPSA) is 39.2 Å². The monoisotopic (exact) mass is 361 g/mol. The number of esters is 1. The van der Waals surface area contributed by atoms with E-state index in [0.717, 1.165) is 6.20 Å². The Kier molecular flexibility index (Phi) is 5.43. The number of halogens is 6. The quantitative estimate of drug-likeness (QED) is 0.463. The van der Waals surface area contributed by atoms with E-state index in [1.54, 1.807) is 0 Å². The van der Waals surface area contributed by atoms with Crippen molar-refractivity contribution in [3.05, 3.63) is 27.5 Å². The molecule has 1 heterocycles. The van der Waals surface area contributed by atoms with Gasteiger partial charge in [0.2, 0.25) is 0 Å². The number of aromatic nitrogens is 1. The molecule has 0 spiro atoms. The van der Waals surface area contributed by atoms with Gasteiger partial charge in [-0.1, -0.05) is 0 Å². The van der Waals surface area contributed by atoms with E-state index in [4.69, 9.17) is 0 Å². The van der Waals surface area contributed by atoms with Crippen molar-refractivity contribution in [2.45, 2.75) is 25.9 Å². The number of pyridine rings is 1. The Bertz CT molecular complexity index is 504. The van der Waals surface area contributed by atoms with Crippen LogP contribution in [-0.2, 0) is 22.1 Å². The molecule has 0 radical (unpaired) electrons. The standard InChI is InChI=1S/C11H9BrF5NO2/c1-2-20-6(19)3-5-4-18-9(12)8(11(15,16)17)7(5)10(13)14/h4,10H,2-3H2,1H3. The Balaban J connectivity index is 3.36. The lowest BCUT2D eigenvalue weighted by Crippen LogP contribution is -2.17. The maximum Gasteiger partial charge on any atom is 0.419 e. The van der Waals surface area contributed by atoms with Crippen molar-refractivity contribution < 1.29 is 31.5 Å². The van der Waals surface area contributed by atoms with Crippen LogP contribution in [0.3, 0.4) is 0 Å². The number of nitrogens with zero attached hydrogens (tertiary/aromatic N) is 1. The highest BCUT2D eigenvalue weighted by Gasteiger charge is 2.40. The van der Waals surface area contributed by atoms with Gasteiger partial charge in [0.05, 0.1) is 18.6 Å². The molecule has 0 bridgehead atoms. The summed E-state index contributed by atoms with van der Waals surface area (Å²) in [5, 5.41) is 0. The number of carbonyl (C=O) groups is 1. The van der Waals surface area contributed by atoms with Crippen LogP contribution in [-0.4, -0.2) is 17.6 Å². The zero-order chi connectivity index (χ0) is 15.5. The summed E-state index contributed by atoms with van der Waals surface area (Å²) in [6.45, 7) is 1.49. The molecule has 0 N–H and O–H groups in total. The van der Waals surface area contributed by atoms with Crippen molar-refractivity contribution in [1.82, 2.24) is 4.98 Å². The molecule has 0 unspecified atom stereocenters. The molecule has 112 valence electrons. The molecule has 0 aromatic carbocycles. The summed E-state index contributed by atoms with van der Waals surface area (Å²) >= 11 is 2.50. The second-order valence-corrected chi connectivity index (χ2v) is 4.39. The fourth-order valence-electron chi connectivity index (χ4n) is 1.57. The van der Waals surface area contributed by atoms with E-state index in [9.17, 15) is 26.7 Å². The van der Waals surface area contributed by atoms with E-state index in [1.165, 1.54) is 6.92 Å². The predicted octanol–water partition coefficient (Wildman–Crippen LogP) is 3.91. The van der Waals surface area contributed by atoms with Gasteiger partial charge >= 0.3 is 12.1 Å². The molecule has 1 rings (SSSR count). The summed E-state index contributed by atoms with van der Waals surface area (Å²) in [6, 6.07) is 0. The molecule has 0 aliphatic carbocycles. The van der Waals surface area contributed by atoms with Gasteiger partial charge in [0.15, 0.2) is 0 Å². The van der Waals surface area contributed by atoms with Gasteiger partial charge in [-0.2, -0.15) is 13.2 Å². The highest BCUT2D eigenvalue weighted by atomic mass is 79.9. The Morgan fingerprint density at radius 1 is 1.45 bits per heavy atom. The summed E-state index contributed by atoms with van der Waals surface area (Å²) in [5.74, 6) is -0.897. The van der Waals surface area contributed by atoms with Crippen LogP contribution in [0.4, 0.5) is 22.0 Å². The minimum atomic E-state index is -5.01. The van der Waals surface area contributed by atoms with Crippen LogP contribution < -0.4 is 0 Å². The molecule has 0 aliphatic heterocycles. The number of carbonyl (C=O) groups excluding carboxylic acids is 1. The third-order valence-corrected chi connectivity index (χ3v) is 2.90. The van der Waals surface area contributed by atoms with Crippen molar-refractivity contribution >= 4 is 21.9 Å². The third kappa shape index (κ3) is 3.87. The highest BCUT2D eigenvalue weighted by Crippen LogP contribution is 2.41. The van der Waals surface area contributed by atoms with E-state index in [1.807, 2.05) is 0 Å². The number of ether oxygens (including phenoxy) is 1. The lowest BCUT2D eigenvalue weighted by molar-refractivity contribution is -0.143. The number of hydrogen-bond acceptors (Lipinski definition) is 3. The van der Waals surface area contributed by atoms with Crippen LogP contribution in [0.5, 0.6) is 0 Å². The largest absolute Gasteiger partial charge is 0.466 e. The van der Waals surface area contributed by atoms with Crippen molar-refractivity contribution in [3.8, 4) is 0 Å². The van der Waals surface area contributed by atoms with Crippen LogP contribution in [0, 0.1) is 0 Å². The van der Waals surface area contributed by atoms with Crippen molar-refractivity contribution in [2.24, 2.45) is 0 Å². The molecule has 1 aromatic rings. The summed E-state index contributed by atoms with van der Waals surface area (Å²) in [4.78, 5) is 14.6. The van der Waals surface area contributed by atoms with Crippen molar-refractivity contribution in [3.63, 3.8) is 0 Å². The van der Waals surface area contributed by atoms with Crippen LogP contribution in [0.1, 0.15) is 30.0 Å². The van der Waals surface area contributed by atoms with Crippen molar-refractivity contribution in [1.29, 1.82) is 0 Å². The maximum atomic E-state index is 12.9. The zero-order valence-corrected chi connectivity index (χ0v) is 11.7. The van der Waals surface area contributed by atoms with E-state index in [0.29, 0.717) is 0 Å². The van der Waals surface area contributed by atoms with E-state index in [-0.39, 0.29) is 6.61 Å². The number of hydrogen-bond donors (Lipinski definition) is 0. The molecule has 0 saturated carbocycles. The van der Waals surface area contributed by atoms with Gasteiger partial charge in [0.25, 0.3) is 6.43 Å². The lowest BCUT2D eigenvalue weighted by Gasteiger charge is -2.17. The first-order valence-electron chi connectivity index (χ1n) is 5.36. The fraction of sp³-hybridized carbons (Fsp3) is 0.455. The molecule has 0 saturated heterocycles. The first kappa shape index (κ1) is 16.8. The molecule has 9 heteroatoms. The van der Waals surface area contributed by atoms with Gasteiger partial charge in [0, 0.05) is 11.8 Å². The molecule has 20 heavy (non-hydrogen) atoms. The second-order valence-electron chi connectivity index (χ2n) is 3.64. The third-order valence-electron chi connectivity index (χ3n) is 2.30. The lowest BCUT2D eigenvalue weighted by atomic mass is 10.0. The molecule has 0 aliphatic rings. The van der Waals surface area contributed by atoms with Crippen LogP contribution in [0.25, 0.3) is 0 Å². The average Bonchev–Trinajstić information content (AvgIpc) is 2.29. The molecule has 3 nitrogen and oxygen atoms in total. The van der Waals surface area contributed by atoms with E-state index >= 15 is 0 Å². The Morgan fingerprint density at radius 3 is 2.50 bits per heavy atom. The first-order valence-corrected chi connectivity index (χ1v) is 6.16. The maximum absolute atomic E-state index is 12.9. The van der Waals surface area contributed by atoms with Gasteiger partial charge in [-0.3, -0.25) is 4.79 Å². The molecular formula is C11H9BrF5NO2. The van der Waals surface area contributed by atoms with Gasteiger partial charge in [-0.25, -0.2) is 13.8 Å². The summed E-state index contributed by atoms with van der Waals surface area (Å²) in [7, 11) is 0. The molecule has 0 atom stereocenters. The summed E-state index contributed by atoms with van der Waals surface area (Å²) in [6.07, 6.45) is -8.30. The zero-order valence-electron chi connectivity index (χ0n) is 10.1. The molecule has 0 amide bonds. The smallest absolute Gasteiger partial charge is 0.419 e. The minimum Gasteiger partial charge on any atom is -0.466 e. The normalized spacial score (nSPS) is 11.8. The van der Waals surface area contributed by atoms with Gasteiger partial charge in [0.1, 0.15) is 4.60 Å².